The number of benzene rings is 1. The Morgan fingerprint density at radius 2 is 1.85 bits per heavy atom. The summed E-state index contributed by atoms with van der Waals surface area (Å²) in [4.78, 5) is 44.3. The molecule has 5 rings (SSSR count). The van der Waals surface area contributed by atoms with E-state index < -0.39 is 58.0 Å². The predicted molar refractivity (Wildman–Crippen MR) is 142 cm³/mol. The Bertz CT molecular complexity index is 1480. The highest BCUT2D eigenvalue weighted by Crippen LogP contribution is 2.53. The van der Waals surface area contributed by atoms with Crippen LogP contribution in [0.15, 0.2) is 46.9 Å². The van der Waals surface area contributed by atoms with Crippen molar-refractivity contribution in [2.24, 2.45) is 23.5 Å². The van der Waals surface area contributed by atoms with Crippen LogP contribution in [0.5, 0.6) is 5.75 Å². The molecule has 1 aromatic carbocycles. The van der Waals surface area contributed by atoms with E-state index in [9.17, 15) is 34.8 Å². The molecule has 1 heterocycles. The van der Waals surface area contributed by atoms with Gasteiger partial charge in [0, 0.05) is 28.4 Å². The van der Waals surface area contributed by atoms with E-state index in [-0.39, 0.29) is 29.7 Å². The van der Waals surface area contributed by atoms with E-state index in [1.54, 1.807) is 20.2 Å². The number of nitrogens with one attached hydrogen (secondary N) is 1. The van der Waals surface area contributed by atoms with Gasteiger partial charge in [-0.05, 0) is 75.0 Å². The number of phenols is 1. The number of hydrogen-bond donors (Lipinski definition) is 6. The van der Waals surface area contributed by atoms with Gasteiger partial charge in [-0.2, -0.15) is 0 Å². The average molecular weight is 536 g/mol. The first-order valence-corrected chi connectivity index (χ1v) is 13.0. The van der Waals surface area contributed by atoms with Crippen LogP contribution in [-0.2, 0) is 22.4 Å². The quantitative estimate of drug-likeness (QED) is 0.316. The summed E-state index contributed by atoms with van der Waals surface area (Å²) in [6, 6.07) is 6.03. The molecular formula is C29H33N3O7. The Morgan fingerprint density at radius 3 is 2.46 bits per heavy atom. The van der Waals surface area contributed by atoms with Crippen LogP contribution >= 0.6 is 0 Å². The third-order valence-electron chi connectivity index (χ3n) is 8.27. The van der Waals surface area contributed by atoms with Crippen molar-refractivity contribution in [3.63, 3.8) is 0 Å². The number of carbonyl (C=O) groups excluding carboxylic acids is 3. The van der Waals surface area contributed by atoms with Crippen molar-refractivity contribution in [2.45, 2.75) is 44.8 Å². The van der Waals surface area contributed by atoms with Gasteiger partial charge in [-0.25, -0.2) is 0 Å². The monoisotopic (exact) mass is 535 g/mol. The van der Waals surface area contributed by atoms with Crippen molar-refractivity contribution in [1.29, 1.82) is 0 Å². The maximum absolute atomic E-state index is 13.9. The van der Waals surface area contributed by atoms with Crippen LogP contribution in [0.1, 0.15) is 41.9 Å². The van der Waals surface area contributed by atoms with Gasteiger partial charge >= 0.3 is 0 Å². The summed E-state index contributed by atoms with van der Waals surface area (Å²) in [6.07, 6.45) is 1.12. The molecule has 0 saturated carbocycles. The number of aromatic nitrogens is 1. The molecule has 1 amide bonds. The number of ketones is 2. The normalized spacial score (nSPS) is 26.7. The number of nitrogens with zero attached hydrogens (tertiary/aromatic N) is 1. The van der Waals surface area contributed by atoms with E-state index in [2.05, 4.69) is 18.8 Å². The van der Waals surface area contributed by atoms with Crippen LogP contribution in [0.25, 0.3) is 11.3 Å². The number of phenolic OH excluding ortho intramolecular Hbond substituents is 1. The van der Waals surface area contributed by atoms with E-state index in [1.807, 2.05) is 12.1 Å². The van der Waals surface area contributed by atoms with Gasteiger partial charge in [-0.15, -0.1) is 0 Å². The largest absolute Gasteiger partial charge is 0.510 e. The minimum atomic E-state index is -2.65. The maximum atomic E-state index is 13.9. The maximum Gasteiger partial charge on any atom is 0.255 e. The summed E-state index contributed by atoms with van der Waals surface area (Å²) in [5, 5.41) is 44.7. The number of fused-ring (bicyclic) bond motifs is 3. The number of primary amides is 1. The van der Waals surface area contributed by atoms with Crippen LogP contribution in [0.3, 0.4) is 0 Å². The first kappa shape index (κ1) is 26.7. The minimum Gasteiger partial charge on any atom is -0.510 e. The topological polar surface area (TPSA) is 177 Å². The van der Waals surface area contributed by atoms with Gasteiger partial charge in [-0.3, -0.25) is 19.3 Å². The lowest BCUT2D eigenvalue weighted by atomic mass is 9.58. The Balaban J connectivity index is 1.67. The summed E-state index contributed by atoms with van der Waals surface area (Å²) in [7, 11) is 3.20. The zero-order valence-corrected chi connectivity index (χ0v) is 22.3. The molecule has 0 aliphatic heterocycles. The fourth-order valence-electron chi connectivity index (χ4n) is 6.66. The van der Waals surface area contributed by atoms with Gasteiger partial charge in [0.1, 0.15) is 22.8 Å². The molecule has 10 nitrogen and oxygen atoms in total. The Hall–Kier alpha value is -3.89. The molecule has 2 aromatic rings. The zero-order chi connectivity index (χ0) is 28.5. The number of aliphatic hydroxyl groups is 3. The fraction of sp³-hybridized carbons (Fsp3) is 0.414. The number of Topliss-reactive ketones (excluding diaryl/α,β-unsaturated/α-hetero) is 2. The first-order valence-electron chi connectivity index (χ1n) is 13.0. The molecule has 4 atom stereocenters. The summed E-state index contributed by atoms with van der Waals surface area (Å²) in [5.74, 6) is -6.19. The highest BCUT2D eigenvalue weighted by molar-refractivity contribution is 6.24. The van der Waals surface area contributed by atoms with E-state index >= 15 is 0 Å². The van der Waals surface area contributed by atoms with Crippen LogP contribution < -0.4 is 5.73 Å². The number of nitrogens with two attached hydrogens (primary N) is 1. The molecule has 0 bridgehead atoms. The molecular weight excluding hydrogens is 502 g/mol. The van der Waals surface area contributed by atoms with Crippen molar-refractivity contribution >= 4 is 17.5 Å². The van der Waals surface area contributed by atoms with Gasteiger partial charge < -0.3 is 31.1 Å². The van der Waals surface area contributed by atoms with Gasteiger partial charge in [-0.1, -0.05) is 13.8 Å². The third kappa shape index (κ3) is 3.81. The third-order valence-corrected chi connectivity index (χ3v) is 8.27. The lowest BCUT2D eigenvalue weighted by Crippen LogP contribution is -2.63. The second kappa shape index (κ2) is 9.10. The van der Waals surface area contributed by atoms with Gasteiger partial charge in [0.2, 0.25) is 5.78 Å². The molecule has 10 heteroatoms. The highest BCUT2D eigenvalue weighted by atomic mass is 16.3. The van der Waals surface area contributed by atoms with Crippen LogP contribution in [0.4, 0.5) is 0 Å². The Kier molecular flexibility index (Phi) is 6.23. The number of H-pyrrole nitrogens is 1. The Morgan fingerprint density at radius 1 is 1.15 bits per heavy atom. The molecule has 0 spiro atoms. The number of likely N-dealkylation sites (N-methyl/N-ethyl adjacent to an activating group) is 1. The summed E-state index contributed by atoms with van der Waals surface area (Å²) >= 11 is 0. The number of aromatic hydroxyl groups is 1. The molecule has 39 heavy (non-hydrogen) atoms. The molecule has 0 saturated heterocycles. The number of carbonyl (C=O) groups is 3. The lowest BCUT2D eigenvalue weighted by molar-refractivity contribution is -0.148. The van der Waals surface area contributed by atoms with Gasteiger partial charge in [0.15, 0.2) is 11.4 Å². The molecule has 3 aliphatic carbocycles. The predicted octanol–water partition coefficient (Wildman–Crippen LogP) is 2.31. The summed E-state index contributed by atoms with van der Waals surface area (Å²) in [5.41, 5.74) is 4.86. The molecule has 206 valence electrons. The van der Waals surface area contributed by atoms with E-state index in [4.69, 9.17) is 5.73 Å². The lowest BCUT2D eigenvalue weighted by Gasteiger charge is -2.50. The van der Waals surface area contributed by atoms with Gasteiger partial charge in [0.25, 0.3) is 5.91 Å². The number of allylic oxidation sites excluding steroid dienone is 1. The molecule has 0 unspecified atom stereocenters. The SMILES string of the molecule is CC(C)Cc1ccc(-c2ccc(O)c3c2C[C@H]2C[C@H]4[C@H](N(C)C)C(O)=C(C(N)=O)C(=O)[C@@]4(O)C(O)=C2C3=O)[nH]1. The standard InChI is InChI=1S/C29H33N3O7/c1-12(2)9-14-5-7-18(31-14)15-6-8-19(33)21-16(15)10-13-11-17-23(32(3)4)25(35)22(28(30)38)27(37)29(17,39)26(36)20(13)24(21)34/h5-8,12-13,17,23,31,33,35-36,39H,9-11H2,1-4H3,(H2,30,38)/t13-,17-,23-,29-/m0/s1. The number of amides is 1. The second-order valence-electron chi connectivity index (χ2n) is 11.4. The minimum absolute atomic E-state index is 0.00621. The molecule has 7 N–H and O–H groups in total. The van der Waals surface area contributed by atoms with E-state index in [0.717, 1.165) is 23.4 Å². The number of rotatable bonds is 5. The van der Waals surface area contributed by atoms with Gasteiger partial charge in [0.05, 0.1) is 11.6 Å². The highest BCUT2D eigenvalue weighted by Gasteiger charge is 2.63. The van der Waals surface area contributed by atoms with Crippen LogP contribution in [0, 0.1) is 17.8 Å². The molecule has 0 fully saturated rings. The molecule has 3 aliphatic rings. The van der Waals surface area contributed by atoms with Crippen molar-refractivity contribution < 1.29 is 34.8 Å². The summed E-state index contributed by atoms with van der Waals surface area (Å²) < 4.78 is 0. The van der Waals surface area contributed by atoms with Crippen molar-refractivity contribution in [1.82, 2.24) is 9.88 Å². The molecule has 0 radical (unpaired) electrons. The first-order chi connectivity index (χ1) is 18.3. The zero-order valence-electron chi connectivity index (χ0n) is 22.3. The fourth-order valence-corrected chi connectivity index (χ4v) is 6.66. The van der Waals surface area contributed by atoms with Crippen LogP contribution in [0.2, 0.25) is 0 Å². The number of aliphatic hydroxyl groups excluding tert-OH is 2. The van der Waals surface area contributed by atoms with E-state index in [0.29, 0.717) is 11.5 Å². The number of hydrogen-bond acceptors (Lipinski definition) is 8. The van der Waals surface area contributed by atoms with Crippen LogP contribution in [-0.4, -0.2) is 73.5 Å². The summed E-state index contributed by atoms with van der Waals surface area (Å²) in [6.45, 7) is 4.23. The van der Waals surface area contributed by atoms with Crippen molar-refractivity contribution in [2.75, 3.05) is 14.1 Å². The second-order valence-corrected chi connectivity index (χ2v) is 11.4. The smallest absolute Gasteiger partial charge is 0.255 e. The average Bonchev–Trinajstić information content (AvgIpc) is 3.28. The Labute approximate surface area is 225 Å². The van der Waals surface area contributed by atoms with E-state index in [1.165, 1.54) is 11.0 Å². The molecule has 1 aromatic heterocycles. The number of aromatic amines is 1. The van der Waals surface area contributed by atoms with Crippen molar-refractivity contribution in [3.05, 3.63) is 63.8 Å². The van der Waals surface area contributed by atoms with Crippen molar-refractivity contribution in [3.8, 4) is 17.0 Å².